The predicted octanol–water partition coefficient (Wildman–Crippen LogP) is 5.91. The normalized spacial score (nSPS) is 12.1. The van der Waals surface area contributed by atoms with Gasteiger partial charge in [-0.25, -0.2) is 0 Å². The van der Waals surface area contributed by atoms with Crippen LogP contribution < -0.4 is 0 Å². The molecule has 0 fully saturated rings. The molecule has 4 heteroatoms. The van der Waals surface area contributed by atoms with Crippen molar-refractivity contribution >= 4 is 24.6 Å². The fourth-order valence-corrected chi connectivity index (χ4v) is 17.7. The molecule has 25 heavy (non-hydrogen) atoms. The van der Waals surface area contributed by atoms with Gasteiger partial charge in [-0.05, 0) is 0 Å². The summed E-state index contributed by atoms with van der Waals surface area (Å²) in [5, 5.41) is 0. The number of aromatic nitrogens is 1. The van der Waals surface area contributed by atoms with Gasteiger partial charge in [-0.1, -0.05) is 0 Å². The zero-order valence-corrected chi connectivity index (χ0v) is 19.5. The van der Waals surface area contributed by atoms with Crippen molar-refractivity contribution in [3.63, 3.8) is 0 Å². The second-order valence-corrected chi connectivity index (χ2v) is 20.8. The molecule has 1 aromatic rings. The van der Waals surface area contributed by atoms with Gasteiger partial charge in [0.25, 0.3) is 0 Å². The molecular weight excluding hydrogens is 415 g/mol. The molecule has 0 aromatic carbocycles. The Labute approximate surface area is 159 Å². The van der Waals surface area contributed by atoms with E-state index in [1.165, 1.54) is 51.8 Å². The van der Waals surface area contributed by atoms with Crippen LogP contribution in [0.2, 0.25) is 13.3 Å². The Balaban J connectivity index is 2.44. The third kappa shape index (κ3) is 10.3. The molecule has 0 N–H and O–H groups in total. The van der Waals surface area contributed by atoms with E-state index < -0.39 is 18.4 Å². The van der Waals surface area contributed by atoms with Crippen LogP contribution in [0, 0.1) is 0 Å². The Morgan fingerprint density at radius 1 is 1.00 bits per heavy atom. The van der Waals surface area contributed by atoms with Crippen molar-refractivity contribution in [3.05, 3.63) is 30.1 Å². The summed E-state index contributed by atoms with van der Waals surface area (Å²) >= 11 is -2.11. The van der Waals surface area contributed by atoms with Crippen molar-refractivity contribution in [2.75, 3.05) is 17.8 Å². The number of ether oxygens (including phenoxy) is 1. The van der Waals surface area contributed by atoms with Gasteiger partial charge >= 0.3 is 160 Å². The first kappa shape index (κ1) is 22.6. The van der Waals surface area contributed by atoms with E-state index in [4.69, 9.17) is 4.74 Å². The summed E-state index contributed by atoms with van der Waals surface area (Å²) in [6, 6.07) is 5.89. The Kier molecular flexibility index (Phi) is 13.3. The average Bonchev–Trinajstić information content (AvgIpc) is 2.66. The molecule has 1 rings (SSSR count). The number of pyridine rings is 1. The van der Waals surface area contributed by atoms with E-state index in [1.54, 1.807) is 6.20 Å². The Bertz CT molecular complexity index is 429. The standard InChI is InChI=1S/C9H11N2O.3C4H9.Sn/c1-12-7-6-10-8-9-4-2-3-5-11-9;3*1-3-4-2;/h2-5,8H,1,6-7H2;3*1,3-4H2,2H3;. The quantitative estimate of drug-likeness (QED) is 0.188. The van der Waals surface area contributed by atoms with Gasteiger partial charge in [0.1, 0.15) is 0 Å². The molecule has 142 valence electrons. The van der Waals surface area contributed by atoms with Crippen molar-refractivity contribution in [2.24, 2.45) is 4.99 Å². The third-order valence-electron chi connectivity index (χ3n) is 4.87. The van der Waals surface area contributed by atoms with Crippen LogP contribution in [0.3, 0.4) is 0 Å². The van der Waals surface area contributed by atoms with Gasteiger partial charge in [-0.15, -0.1) is 0 Å². The number of nitrogens with zero attached hydrogens (tertiary/aromatic N) is 2. The van der Waals surface area contributed by atoms with Crippen LogP contribution in [0.5, 0.6) is 0 Å². The minimum atomic E-state index is -2.11. The molecule has 0 unspecified atom stereocenters. The summed E-state index contributed by atoms with van der Waals surface area (Å²) in [4.78, 5) is 8.72. The number of hydrogen-bond donors (Lipinski definition) is 0. The molecular formula is C21H38N2OSn. The van der Waals surface area contributed by atoms with E-state index in [0.717, 1.165) is 23.5 Å². The third-order valence-corrected chi connectivity index (χ3v) is 19.3. The summed E-state index contributed by atoms with van der Waals surface area (Å²) in [6.07, 6.45) is 11.9. The number of aliphatic imine (C=N–C) groups is 1. The Morgan fingerprint density at radius 3 is 2.16 bits per heavy atom. The molecule has 0 atom stereocenters. The number of hydrogen-bond acceptors (Lipinski definition) is 3. The Hall–Kier alpha value is -0.421. The molecule has 1 aromatic heterocycles. The summed E-state index contributed by atoms with van der Waals surface area (Å²) in [6.45, 7) is 8.47. The van der Waals surface area contributed by atoms with E-state index in [-0.39, 0.29) is 0 Å². The molecule has 0 spiro atoms. The second-order valence-electron chi connectivity index (χ2n) is 7.15. The van der Waals surface area contributed by atoms with Crippen molar-refractivity contribution in [3.8, 4) is 0 Å². The van der Waals surface area contributed by atoms with Crippen LogP contribution in [-0.4, -0.2) is 47.3 Å². The van der Waals surface area contributed by atoms with Crippen LogP contribution in [-0.2, 0) is 4.74 Å². The molecule has 0 aliphatic rings. The van der Waals surface area contributed by atoms with Gasteiger partial charge in [-0.3, -0.25) is 0 Å². The molecule has 0 saturated heterocycles. The SMILES string of the molecule is CCC[CH2][Sn]([CH2]CCC)([CH2]CCC)[CH2]OCCN=Cc1ccccn1. The molecule has 0 radical (unpaired) electrons. The molecule has 3 nitrogen and oxygen atoms in total. The minimum absolute atomic E-state index is 0.744. The van der Waals surface area contributed by atoms with E-state index in [1.807, 2.05) is 24.4 Å². The van der Waals surface area contributed by atoms with E-state index >= 15 is 0 Å². The summed E-state index contributed by atoms with van der Waals surface area (Å²) in [5.74, 6) is 0. The number of unbranched alkanes of at least 4 members (excludes halogenated alkanes) is 3. The zero-order valence-electron chi connectivity index (χ0n) is 16.7. The zero-order chi connectivity index (χ0) is 18.2. The van der Waals surface area contributed by atoms with Gasteiger partial charge in [0.15, 0.2) is 0 Å². The van der Waals surface area contributed by atoms with Gasteiger partial charge in [0, 0.05) is 0 Å². The van der Waals surface area contributed by atoms with Gasteiger partial charge in [-0.2, -0.15) is 0 Å². The fourth-order valence-electron chi connectivity index (χ4n) is 3.26. The Morgan fingerprint density at radius 2 is 1.64 bits per heavy atom. The topological polar surface area (TPSA) is 34.5 Å². The van der Waals surface area contributed by atoms with E-state index in [2.05, 4.69) is 30.7 Å². The maximum absolute atomic E-state index is 6.19. The molecule has 0 saturated carbocycles. The van der Waals surface area contributed by atoms with Crippen molar-refractivity contribution in [1.82, 2.24) is 4.98 Å². The average molecular weight is 453 g/mol. The van der Waals surface area contributed by atoms with Crippen LogP contribution in [0.4, 0.5) is 0 Å². The molecule has 0 aliphatic carbocycles. The van der Waals surface area contributed by atoms with Crippen LogP contribution in [0.1, 0.15) is 65.0 Å². The molecule has 0 bridgehead atoms. The predicted molar refractivity (Wildman–Crippen MR) is 112 cm³/mol. The van der Waals surface area contributed by atoms with E-state index in [9.17, 15) is 0 Å². The maximum atomic E-state index is 6.19. The molecule has 0 aliphatic heterocycles. The first-order valence-corrected chi connectivity index (χ1v) is 18.3. The second kappa shape index (κ2) is 14.7. The van der Waals surface area contributed by atoms with Gasteiger partial charge < -0.3 is 0 Å². The summed E-state index contributed by atoms with van der Waals surface area (Å²) in [7, 11) is 0. The van der Waals surface area contributed by atoms with Crippen molar-refractivity contribution < 1.29 is 4.74 Å². The molecule has 0 amide bonds. The fraction of sp³-hybridized carbons (Fsp3) is 0.714. The summed E-state index contributed by atoms with van der Waals surface area (Å²) < 4.78 is 11.8. The van der Waals surface area contributed by atoms with Crippen molar-refractivity contribution in [2.45, 2.75) is 72.6 Å². The summed E-state index contributed by atoms with van der Waals surface area (Å²) in [5.41, 5.74) is 0.921. The van der Waals surface area contributed by atoms with Crippen LogP contribution in [0.25, 0.3) is 0 Å². The van der Waals surface area contributed by atoms with Gasteiger partial charge in [0.05, 0.1) is 0 Å². The molecule has 1 heterocycles. The van der Waals surface area contributed by atoms with Crippen LogP contribution in [0.15, 0.2) is 29.4 Å². The van der Waals surface area contributed by atoms with E-state index in [0.29, 0.717) is 0 Å². The van der Waals surface area contributed by atoms with Crippen molar-refractivity contribution in [1.29, 1.82) is 0 Å². The first-order valence-electron chi connectivity index (χ1n) is 10.2. The van der Waals surface area contributed by atoms with Gasteiger partial charge in [0.2, 0.25) is 0 Å². The monoisotopic (exact) mass is 454 g/mol. The number of rotatable bonds is 15. The van der Waals surface area contributed by atoms with Crippen LogP contribution >= 0.6 is 0 Å². The first-order chi connectivity index (χ1) is 12.3.